The zero-order valence-corrected chi connectivity index (χ0v) is 15.7. The summed E-state index contributed by atoms with van der Waals surface area (Å²) in [4.78, 5) is 12.8. The number of benzene rings is 2. The molecule has 27 heavy (non-hydrogen) atoms. The molecule has 2 aromatic rings. The first-order valence-corrected chi connectivity index (χ1v) is 9.30. The molecule has 1 saturated heterocycles. The fourth-order valence-electron chi connectivity index (χ4n) is 3.58. The summed E-state index contributed by atoms with van der Waals surface area (Å²) in [5.74, 6) is -0.366. The number of carbonyl (C=O) groups is 1. The van der Waals surface area contributed by atoms with Crippen molar-refractivity contribution in [3.8, 4) is 5.75 Å². The van der Waals surface area contributed by atoms with Crippen LogP contribution in [0.25, 0.3) is 0 Å². The Labute approximate surface area is 159 Å². The monoisotopic (exact) mass is 372 g/mol. The molecule has 0 saturated carbocycles. The van der Waals surface area contributed by atoms with Gasteiger partial charge in [0.1, 0.15) is 18.2 Å². The van der Waals surface area contributed by atoms with Gasteiger partial charge in [0.05, 0.1) is 18.1 Å². The van der Waals surface area contributed by atoms with Gasteiger partial charge >= 0.3 is 5.97 Å². The second-order valence-corrected chi connectivity index (χ2v) is 6.89. The van der Waals surface area contributed by atoms with Crippen molar-refractivity contribution in [3.63, 3.8) is 0 Å². The molecule has 144 valence electrons. The van der Waals surface area contributed by atoms with Gasteiger partial charge in [0.15, 0.2) is 0 Å². The molecule has 5 heteroatoms. The average Bonchev–Trinajstić information content (AvgIpc) is 2.67. The average molecular weight is 372 g/mol. The Morgan fingerprint density at radius 3 is 2.74 bits per heavy atom. The van der Waals surface area contributed by atoms with Crippen LogP contribution in [0.15, 0.2) is 48.5 Å². The van der Waals surface area contributed by atoms with Crippen molar-refractivity contribution in [2.75, 3.05) is 13.2 Å². The Hall–Kier alpha value is -2.40. The zero-order chi connectivity index (χ0) is 19.3. The van der Waals surface area contributed by atoms with Crippen molar-refractivity contribution >= 4 is 5.97 Å². The third-order valence-corrected chi connectivity index (χ3v) is 4.91. The predicted octanol–water partition coefficient (Wildman–Crippen LogP) is 4.40. The lowest BCUT2D eigenvalue weighted by molar-refractivity contribution is -0.156. The van der Waals surface area contributed by atoms with Crippen molar-refractivity contribution in [1.82, 2.24) is 0 Å². The molecule has 0 bridgehead atoms. The molecule has 2 aromatic carbocycles. The van der Waals surface area contributed by atoms with Gasteiger partial charge in [0.2, 0.25) is 0 Å². The lowest BCUT2D eigenvalue weighted by atomic mass is 9.72. The summed E-state index contributed by atoms with van der Waals surface area (Å²) in [5.41, 5.74) is 0.656. The van der Waals surface area contributed by atoms with Crippen LogP contribution in [0.3, 0.4) is 0 Å². The van der Waals surface area contributed by atoms with Crippen LogP contribution in [0.5, 0.6) is 5.75 Å². The zero-order valence-electron chi connectivity index (χ0n) is 15.7. The Morgan fingerprint density at radius 2 is 2.04 bits per heavy atom. The second-order valence-electron chi connectivity index (χ2n) is 6.89. The minimum Gasteiger partial charge on any atom is -0.489 e. The van der Waals surface area contributed by atoms with E-state index in [1.54, 1.807) is 13.0 Å². The third kappa shape index (κ3) is 4.48. The van der Waals surface area contributed by atoms with E-state index < -0.39 is 11.2 Å². The number of esters is 1. The van der Waals surface area contributed by atoms with Crippen LogP contribution in [0.1, 0.15) is 37.8 Å². The molecule has 0 N–H and O–H groups in total. The first-order valence-electron chi connectivity index (χ1n) is 9.30. The molecule has 1 aliphatic rings. The van der Waals surface area contributed by atoms with Crippen molar-refractivity contribution in [3.05, 3.63) is 65.5 Å². The van der Waals surface area contributed by atoms with E-state index >= 15 is 0 Å². The molecule has 0 amide bonds. The second kappa shape index (κ2) is 8.53. The highest BCUT2D eigenvalue weighted by atomic mass is 19.1. The van der Waals surface area contributed by atoms with Gasteiger partial charge in [-0.2, -0.15) is 0 Å². The molecule has 1 heterocycles. The van der Waals surface area contributed by atoms with Gasteiger partial charge in [-0.05, 0) is 49.9 Å². The SMILES string of the molecule is CCOC(=O)[C@@]1(c2cc(F)cc(OCc3ccccc3)c2)CCO[C@H](C)C1. The van der Waals surface area contributed by atoms with Crippen LogP contribution in [0.2, 0.25) is 0 Å². The van der Waals surface area contributed by atoms with Crippen LogP contribution < -0.4 is 4.74 Å². The van der Waals surface area contributed by atoms with Crippen LogP contribution in [0.4, 0.5) is 4.39 Å². The van der Waals surface area contributed by atoms with Crippen molar-refractivity contribution in [2.24, 2.45) is 0 Å². The topological polar surface area (TPSA) is 44.8 Å². The van der Waals surface area contributed by atoms with E-state index in [9.17, 15) is 9.18 Å². The number of hydrogen-bond acceptors (Lipinski definition) is 4. The first-order chi connectivity index (χ1) is 13.0. The quantitative estimate of drug-likeness (QED) is 0.705. The van der Waals surface area contributed by atoms with Gasteiger partial charge in [0.25, 0.3) is 0 Å². The molecule has 4 nitrogen and oxygen atoms in total. The third-order valence-electron chi connectivity index (χ3n) is 4.91. The van der Waals surface area contributed by atoms with E-state index in [1.165, 1.54) is 12.1 Å². The van der Waals surface area contributed by atoms with E-state index in [2.05, 4.69) is 0 Å². The maximum atomic E-state index is 14.4. The van der Waals surface area contributed by atoms with Gasteiger partial charge in [-0.25, -0.2) is 4.39 Å². The molecule has 0 unspecified atom stereocenters. The Kier molecular flexibility index (Phi) is 6.11. The van der Waals surface area contributed by atoms with Crippen molar-refractivity contribution in [2.45, 2.75) is 44.8 Å². The molecule has 3 rings (SSSR count). The normalized spacial score (nSPS) is 22.3. The largest absolute Gasteiger partial charge is 0.489 e. The fraction of sp³-hybridized carbons (Fsp3) is 0.409. The summed E-state index contributed by atoms with van der Waals surface area (Å²) >= 11 is 0. The molecular weight excluding hydrogens is 347 g/mol. The summed E-state index contributed by atoms with van der Waals surface area (Å²) in [6.45, 7) is 4.72. The Balaban J connectivity index is 1.90. The molecule has 0 aliphatic carbocycles. The van der Waals surface area contributed by atoms with Crippen LogP contribution >= 0.6 is 0 Å². The van der Waals surface area contributed by atoms with E-state index in [-0.39, 0.29) is 18.7 Å². The minimum atomic E-state index is -0.916. The number of halogens is 1. The van der Waals surface area contributed by atoms with E-state index in [1.807, 2.05) is 37.3 Å². The maximum Gasteiger partial charge on any atom is 0.316 e. The molecule has 0 radical (unpaired) electrons. The molecular formula is C22H25FO4. The number of hydrogen-bond donors (Lipinski definition) is 0. The molecule has 1 fully saturated rings. The van der Waals surface area contributed by atoms with Gasteiger partial charge in [-0.1, -0.05) is 30.3 Å². The molecule has 0 aromatic heterocycles. The van der Waals surface area contributed by atoms with Gasteiger partial charge in [-0.15, -0.1) is 0 Å². The predicted molar refractivity (Wildman–Crippen MR) is 100 cm³/mol. The van der Waals surface area contributed by atoms with Crippen molar-refractivity contribution in [1.29, 1.82) is 0 Å². The standard InChI is InChI=1S/C22H25FO4/c1-3-25-21(24)22(9-10-26-16(2)14-22)18-11-19(23)13-20(12-18)27-15-17-7-5-4-6-8-17/h4-8,11-13,16H,3,9-10,14-15H2,1-2H3/t16-,22+/m1/s1. The van der Waals surface area contributed by atoms with E-state index in [0.29, 0.717) is 37.4 Å². The lowest BCUT2D eigenvalue weighted by Gasteiger charge is -2.38. The smallest absolute Gasteiger partial charge is 0.316 e. The number of carbonyl (C=O) groups excluding carboxylic acids is 1. The van der Waals surface area contributed by atoms with Gasteiger partial charge < -0.3 is 14.2 Å². The highest BCUT2D eigenvalue weighted by Crippen LogP contribution is 2.40. The minimum absolute atomic E-state index is 0.111. The maximum absolute atomic E-state index is 14.4. The highest BCUT2D eigenvalue weighted by Gasteiger charge is 2.45. The summed E-state index contributed by atoms with van der Waals surface area (Å²) in [6, 6.07) is 14.2. The van der Waals surface area contributed by atoms with E-state index in [0.717, 1.165) is 5.56 Å². The molecule has 0 spiro atoms. The van der Waals surface area contributed by atoms with Crippen LogP contribution in [0, 0.1) is 5.82 Å². The summed E-state index contributed by atoms with van der Waals surface area (Å²) in [5, 5.41) is 0. The van der Waals surface area contributed by atoms with Crippen LogP contribution in [-0.2, 0) is 26.3 Å². The molecule has 1 aliphatic heterocycles. The van der Waals surface area contributed by atoms with Gasteiger partial charge in [0, 0.05) is 12.7 Å². The number of ether oxygens (including phenoxy) is 3. The molecule has 2 atom stereocenters. The summed E-state index contributed by atoms with van der Waals surface area (Å²) in [7, 11) is 0. The summed E-state index contributed by atoms with van der Waals surface area (Å²) in [6.07, 6.45) is 0.797. The Bertz CT molecular complexity index is 777. The summed E-state index contributed by atoms with van der Waals surface area (Å²) < 4.78 is 31.1. The lowest BCUT2D eigenvalue weighted by Crippen LogP contribution is -2.45. The van der Waals surface area contributed by atoms with E-state index in [4.69, 9.17) is 14.2 Å². The van der Waals surface area contributed by atoms with Crippen LogP contribution in [-0.4, -0.2) is 25.3 Å². The Morgan fingerprint density at radius 1 is 1.26 bits per heavy atom. The fourth-order valence-corrected chi connectivity index (χ4v) is 3.58. The van der Waals surface area contributed by atoms with Crippen molar-refractivity contribution < 1.29 is 23.4 Å². The highest BCUT2D eigenvalue weighted by molar-refractivity contribution is 5.83. The number of rotatable bonds is 6. The van der Waals surface area contributed by atoms with Gasteiger partial charge in [-0.3, -0.25) is 4.79 Å². The first kappa shape index (κ1) is 19.4.